The van der Waals surface area contributed by atoms with E-state index in [0.717, 1.165) is 5.56 Å². The van der Waals surface area contributed by atoms with E-state index in [2.05, 4.69) is 0 Å². The van der Waals surface area contributed by atoms with Crippen molar-refractivity contribution < 1.29 is 9.50 Å². The smallest absolute Gasteiger partial charge is 0.144 e. The standard InChI is InChI=1S/C10H12ClFO/c1-6-3-8(7(2)5-13)4-9(11)10(6)12/h3-4,7,13H,5H2,1-2H3. The molecule has 13 heavy (non-hydrogen) atoms. The van der Waals surface area contributed by atoms with Gasteiger partial charge in [-0.05, 0) is 24.1 Å². The normalized spacial score (nSPS) is 13.0. The predicted octanol–water partition coefficient (Wildman–Crippen LogP) is 2.88. The van der Waals surface area contributed by atoms with Crippen molar-refractivity contribution in [3.8, 4) is 0 Å². The largest absolute Gasteiger partial charge is 0.396 e. The number of hydrogen-bond acceptors (Lipinski definition) is 1. The Bertz CT molecular complexity index is 289. The second kappa shape index (κ2) is 4.07. The Kier molecular flexibility index (Phi) is 3.28. The highest BCUT2D eigenvalue weighted by Crippen LogP contribution is 2.24. The van der Waals surface area contributed by atoms with Crippen LogP contribution in [0.1, 0.15) is 24.0 Å². The molecule has 0 aliphatic heterocycles. The third-order valence-electron chi connectivity index (χ3n) is 2.08. The second-order valence-corrected chi connectivity index (χ2v) is 3.62. The topological polar surface area (TPSA) is 20.2 Å². The van der Waals surface area contributed by atoms with Gasteiger partial charge in [0.15, 0.2) is 0 Å². The molecule has 0 radical (unpaired) electrons. The van der Waals surface area contributed by atoms with E-state index in [-0.39, 0.29) is 23.4 Å². The van der Waals surface area contributed by atoms with E-state index < -0.39 is 0 Å². The van der Waals surface area contributed by atoms with Crippen molar-refractivity contribution in [2.45, 2.75) is 19.8 Å². The number of hydrogen-bond donors (Lipinski definition) is 1. The summed E-state index contributed by atoms with van der Waals surface area (Å²) in [5, 5.41) is 9.02. The molecule has 0 heterocycles. The van der Waals surface area contributed by atoms with Gasteiger partial charge >= 0.3 is 0 Å². The summed E-state index contributed by atoms with van der Waals surface area (Å²) in [7, 11) is 0. The number of aryl methyl sites for hydroxylation is 1. The van der Waals surface area contributed by atoms with Crippen molar-refractivity contribution in [3.05, 3.63) is 34.1 Å². The first-order valence-electron chi connectivity index (χ1n) is 4.12. The van der Waals surface area contributed by atoms with Crippen LogP contribution in [0, 0.1) is 12.7 Å². The van der Waals surface area contributed by atoms with Gasteiger partial charge in [0.05, 0.1) is 5.02 Å². The minimum absolute atomic E-state index is 0.00296. The summed E-state index contributed by atoms with van der Waals surface area (Å²) in [6.45, 7) is 3.57. The highest BCUT2D eigenvalue weighted by atomic mass is 35.5. The van der Waals surface area contributed by atoms with Gasteiger partial charge in [-0.25, -0.2) is 4.39 Å². The Hall–Kier alpha value is -0.600. The van der Waals surface area contributed by atoms with Crippen LogP contribution in [0.25, 0.3) is 0 Å². The predicted molar refractivity (Wildman–Crippen MR) is 51.6 cm³/mol. The number of benzene rings is 1. The van der Waals surface area contributed by atoms with Crippen LogP contribution >= 0.6 is 11.6 Å². The lowest BCUT2D eigenvalue weighted by Gasteiger charge is -2.10. The summed E-state index contributed by atoms with van der Waals surface area (Å²) < 4.78 is 13.1. The number of aliphatic hydroxyl groups excluding tert-OH is 1. The molecule has 0 aliphatic carbocycles. The van der Waals surface area contributed by atoms with Crippen LogP contribution in [0.5, 0.6) is 0 Å². The van der Waals surface area contributed by atoms with Crippen molar-refractivity contribution in [3.63, 3.8) is 0 Å². The van der Waals surface area contributed by atoms with Gasteiger partial charge in [-0.2, -0.15) is 0 Å². The third kappa shape index (κ3) is 2.20. The van der Waals surface area contributed by atoms with Crippen molar-refractivity contribution >= 4 is 11.6 Å². The maximum atomic E-state index is 13.1. The van der Waals surface area contributed by atoms with E-state index in [1.807, 2.05) is 6.92 Å². The average Bonchev–Trinajstić information content (AvgIpc) is 2.12. The summed E-state index contributed by atoms with van der Waals surface area (Å²) in [5.41, 5.74) is 1.38. The zero-order chi connectivity index (χ0) is 10.0. The zero-order valence-corrected chi connectivity index (χ0v) is 8.40. The maximum absolute atomic E-state index is 13.1. The van der Waals surface area contributed by atoms with Gasteiger partial charge in [-0.3, -0.25) is 0 Å². The SMILES string of the molecule is Cc1cc(C(C)CO)cc(Cl)c1F. The van der Waals surface area contributed by atoms with Crippen molar-refractivity contribution in [2.75, 3.05) is 6.61 Å². The molecule has 0 bridgehead atoms. The number of halogens is 2. The van der Waals surface area contributed by atoms with Crippen LogP contribution in [0.4, 0.5) is 4.39 Å². The van der Waals surface area contributed by atoms with Gasteiger partial charge in [0, 0.05) is 12.5 Å². The maximum Gasteiger partial charge on any atom is 0.144 e. The fourth-order valence-corrected chi connectivity index (χ4v) is 1.42. The molecule has 0 saturated carbocycles. The van der Waals surface area contributed by atoms with Crippen LogP contribution in [0.2, 0.25) is 5.02 Å². The minimum atomic E-state index is -0.379. The quantitative estimate of drug-likeness (QED) is 0.782. The van der Waals surface area contributed by atoms with Gasteiger partial charge in [-0.15, -0.1) is 0 Å². The second-order valence-electron chi connectivity index (χ2n) is 3.22. The molecule has 1 aromatic carbocycles. The molecule has 1 unspecified atom stereocenters. The highest BCUT2D eigenvalue weighted by Gasteiger charge is 2.09. The summed E-state index contributed by atoms with van der Waals surface area (Å²) >= 11 is 5.66. The fraction of sp³-hybridized carbons (Fsp3) is 0.400. The molecule has 0 spiro atoms. The summed E-state index contributed by atoms with van der Waals surface area (Å²) in [4.78, 5) is 0. The molecular weight excluding hydrogens is 191 g/mol. The van der Waals surface area contributed by atoms with E-state index in [9.17, 15) is 4.39 Å². The van der Waals surface area contributed by atoms with Gasteiger partial charge in [0.25, 0.3) is 0 Å². The number of rotatable bonds is 2. The van der Waals surface area contributed by atoms with Gasteiger partial charge in [-0.1, -0.05) is 24.6 Å². The monoisotopic (exact) mass is 202 g/mol. The van der Waals surface area contributed by atoms with Crippen molar-refractivity contribution in [1.29, 1.82) is 0 Å². The van der Waals surface area contributed by atoms with Crippen molar-refractivity contribution in [2.24, 2.45) is 0 Å². The molecule has 0 aliphatic rings. The molecule has 0 fully saturated rings. The van der Waals surface area contributed by atoms with E-state index in [4.69, 9.17) is 16.7 Å². The molecule has 72 valence electrons. The minimum Gasteiger partial charge on any atom is -0.396 e. The van der Waals surface area contributed by atoms with E-state index in [1.54, 1.807) is 19.1 Å². The Balaban J connectivity index is 3.13. The molecule has 1 atom stereocenters. The van der Waals surface area contributed by atoms with Gasteiger partial charge in [0.1, 0.15) is 5.82 Å². The Morgan fingerprint density at radius 3 is 2.62 bits per heavy atom. The number of aliphatic hydroxyl groups is 1. The van der Waals surface area contributed by atoms with E-state index >= 15 is 0 Å². The molecule has 0 aromatic heterocycles. The first-order valence-corrected chi connectivity index (χ1v) is 4.50. The Morgan fingerprint density at radius 1 is 1.54 bits per heavy atom. The lowest BCUT2D eigenvalue weighted by Crippen LogP contribution is -2.00. The molecule has 1 N–H and O–H groups in total. The Morgan fingerprint density at radius 2 is 2.15 bits per heavy atom. The zero-order valence-electron chi connectivity index (χ0n) is 7.64. The molecule has 1 nitrogen and oxygen atoms in total. The first kappa shape index (κ1) is 10.5. The summed E-state index contributed by atoms with van der Waals surface area (Å²) in [6.07, 6.45) is 0. The summed E-state index contributed by atoms with van der Waals surface area (Å²) in [6, 6.07) is 3.27. The first-order chi connectivity index (χ1) is 6.06. The lowest BCUT2D eigenvalue weighted by atomic mass is 10.00. The molecule has 1 rings (SSSR count). The van der Waals surface area contributed by atoms with Crippen LogP contribution in [0.15, 0.2) is 12.1 Å². The summed E-state index contributed by atoms with van der Waals surface area (Å²) in [5.74, 6) is -0.382. The van der Waals surface area contributed by atoms with E-state index in [1.165, 1.54) is 0 Å². The molecule has 0 amide bonds. The molecular formula is C10H12ClFO. The highest BCUT2D eigenvalue weighted by molar-refractivity contribution is 6.30. The lowest BCUT2D eigenvalue weighted by molar-refractivity contribution is 0.273. The van der Waals surface area contributed by atoms with Gasteiger partial charge in [0.2, 0.25) is 0 Å². The molecule has 0 saturated heterocycles. The van der Waals surface area contributed by atoms with Gasteiger partial charge < -0.3 is 5.11 Å². The third-order valence-corrected chi connectivity index (χ3v) is 2.35. The van der Waals surface area contributed by atoms with Crippen LogP contribution in [0.3, 0.4) is 0 Å². The van der Waals surface area contributed by atoms with Crippen LogP contribution < -0.4 is 0 Å². The van der Waals surface area contributed by atoms with Crippen LogP contribution in [-0.4, -0.2) is 11.7 Å². The molecule has 1 aromatic rings. The van der Waals surface area contributed by atoms with Crippen LogP contribution in [-0.2, 0) is 0 Å². The van der Waals surface area contributed by atoms with E-state index in [0.29, 0.717) is 5.56 Å². The molecule has 3 heteroatoms. The van der Waals surface area contributed by atoms with Crippen molar-refractivity contribution in [1.82, 2.24) is 0 Å². The fourth-order valence-electron chi connectivity index (χ4n) is 1.14. The average molecular weight is 203 g/mol. The Labute approximate surface area is 82.2 Å².